The molecule has 0 saturated heterocycles. The van der Waals surface area contributed by atoms with E-state index in [9.17, 15) is 114 Å². The molecular formula is C36H52F26. The summed E-state index contributed by atoms with van der Waals surface area (Å²) in [5, 5.41) is 0. The molecule has 0 aromatic carbocycles. The lowest BCUT2D eigenvalue weighted by Gasteiger charge is -2.31. The van der Waals surface area contributed by atoms with Gasteiger partial charge in [-0.1, -0.05) is 73.6 Å². The summed E-state index contributed by atoms with van der Waals surface area (Å²) in [6.45, 7) is 7.68. The van der Waals surface area contributed by atoms with Crippen LogP contribution in [0.5, 0.6) is 0 Å². The van der Waals surface area contributed by atoms with Gasteiger partial charge in [0.1, 0.15) is 12.8 Å². The molecule has 6 atom stereocenters. The molecule has 26 heteroatoms. The number of halogens is 26. The minimum absolute atomic E-state index is 0.0484. The molecule has 62 heavy (non-hydrogen) atoms. The van der Waals surface area contributed by atoms with Gasteiger partial charge in [-0.2, -0.15) is 96.6 Å². The minimum atomic E-state index is -5.87. The van der Waals surface area contributed by atoms with E-state index in [1.54, 1.807) is 6.92 Å². The predicted molar refractivity (Wildman–Crippen MR) is 176 cm³/mol. The predicted octanol–water partition coefficient (Wildman–Crippen LogP) is 18.2. The van der Waals surface area contributed by atoms with Crippen molar-refractivity contribution in [1.82, 2.24) is 0 Å². The lowest BCUT2D eigenvalue weighted by molar-refractivity contribution is -0.296. The van der Waals surface area contributed by atoms with Gasteiger partial charge in [0.2, 0.25) is 0 Å². The fraction of sp³-hybridized carbons (Fsp3) is 1.00. The Morgan fingerprint density at radius 3 is 0.984 bits per heavy atom. The monoisotopic (exact) mass is 978 g/mol. The highest BCUT2D eigenvalue weighted by Crippen LogP contribution is 2.47. The Bertz CT molecular complexity index is 1190. The standard InChI is InChI=1S/C15H22F10.C12H16F10.C9H14F6/c1-3-4-5-11(7-13(18,19)9-15(23,24)25)10(2)6-12(16,17)8-14(20,21)22;1-3-4-8(6-10(15,16)12(20,21)22)7(2)5-9(13,14)11(17,18)19;1-3-7(5-9(13,14)15)6(2)4-8(10,11)12/h10-11H,3-9H2,1-2H3;7-8H,3-6H2,1-2H3;6-7H,3-5H2,1-2H3. The Kier molecular flexibility index (Phi) is 25.6. The number of unbranched alkanes of at least 4 members (excludes halogenated alkanes) is 1. The second-order valence-electron chi connectivity index (χ2n) is 15.7. The van der Waals surface area contributed by atoms with Crippen molar-refractivity contribution in [3.05, 3.63) is 0 Å². The zero-order chi connectivity index (χ0) is 50.4. The van der Waals surface area contributed by atoms with E-state index >= 15 is 0 Å². The zero-order valence-electron chi connectivity index (χ0n) is 34.2. The SMILES string of the molecule is CCC(CC(F)(F)F)C(C)CC(F)(F)F.CCCC(CC(F)(F)C(F)(F)F)C(C)CC(F)(F)C(F)(F)F.CCCCC(CC(F)(F)CC(F)(F)F)C(C)CC(F)(F)CC(F)(F)F. The van der Waals surface area contributed by atoms with Crippen LogP contribution in [0.3, 0.4) is 0 Å². The van der Waals surface area contributed by atoms with Gasteiger partial charge in [0, 0.05) is 38.5 Å². The molecule has 0 aliphatic rings. The molecule has 378 valence electrons. The highest BCUT2D eigenvalue weighted by Gasteiger charge is 2.61. The van der Waals surface area contributed by atoms with Crippen molar-refractivity contribution in [2.45, 2.75) is 192 Å². The van der Waals surface area contributed by atoms with Crippen LogP contribution in [0.1, 0.15) is 131 Å². The third-order valence-corrected chi connectivity index (χ3v) is 9.60. The van der Waals surface area contributed by atoms with Crippen LogP contribution in [0, 0.1) is 35.5 Å². The molecule has 0 aromatic rings. The quantitative estimate of drug-likeness (QED) is 0.101. The van der Waals surface area contributed by atoms with Crippen molar-refractivity contribution in [1.29, 1.82) is 0 Å². The first-order chi connectivity index (χ1) is 27.1. The zero-order valence-corrected chi connectivity index (χ0v) is 34.2. The average Bonchev–Trinajstić information content (AvgIpc) is 2.96. The summed E-state index contributed by atoms with van der Waals surface area (Å²) in [6.07, 6.45) is -43.4. The van der Waals surface area contributed by atoms with E-state index in [1.807, 2.05) is 0 Å². The van der Waals surface area contributed by atoms with E-state index in [0.29, 0.717) is 12.8 Å². The second-order valence-corrected chi connectivity index (χ2v) is 15.7. The average molecular weight is 979 g/mol. The van der Waals surface area contributed by atoms with Crippen LogP contribution in [0.2, 0.25) is 0 Å². The lowest BCUT2D eigenvalue weighted by Crippen LogP contribution is -2.42. The Morgan fingerprint density at radius 2 is 0.661 bits per heavy atom. The van der Waals surface area contributed by atoms with E-state index in [2.05, 4.69) is 0 Å². The summed E-state index contributed by atoms with van der Waals surface area (Å²) in [5.41, 5.74) is 0. The molecule has 0 bridgehead atoms. The van der Waals surface area contributed by atoms with Crippen molar-refractivity contribution in [3.63, 3.8) is 0 Å². The van der Waals surface area contributed by atoms with E-state index in [0.717, 1.165) is 13.8 Å². The molecule has 0 aliphatic heterocycles. The molecule has 0 N–H and O–H groups in total. The summed E-state index contributed by atoms with van der Waals surface area (Å²) in [6, 6.07) is 0. The largest absolute Gasteiger partial charge is 0.453 e. The molecule has 0 radical (unpaired) electrons. The lowest BCUT2D eigenvalue weighted by atomic mass is 9.80. The summed E-state index contributed by atoms with van der Waals surface area (Å²) in [7, 11) is 0. The second kappa shape index (κ2) is 24.6. The van der Waals surface area contributed by atoms with Crippen LogP contribution >= 0.6 is 0 Å². The number of hydrogen-bond acceptors (Lipinski definition) is 0. The first-order valence-electron chi connectivity index (χ1n) is 19.0. The molecule has 0 amide bonds. The smallest absolute Gasteiger partial charge is 0.207 e. The molecular weight excluding hydrogens is 926 g/mol. The van der Waals surface area contributed by atoms with Crippen LogP contribution in [-0.2, 0) is 0 Å². The van der Waals surface area contributed by atoms with Crippen LogP contribution in [0.4, 0.5) is 114 Å². The molecule has 0 rings (SSSR count). The van der Waals surface area contributed by atoms with E-state index in [1.165, 1.54) is 20.8 Å². The Labute approximate surface area is 342 Å². The highest BCUT2D eigenvalue weighted by atomic mass is 19.4. The molecule has 0 spiro atoms. The Morgan fingerprint density at radius 1 is 0.323 bits per heavy atom. The normalized spacial score (nSPS) is 17.2. The van der Waals surface area contributed by atoms with Gasteiger partial charge in [-0.15, -0.1) is 0 Å². The highest BCUT2D eigenvalue weighted by molar-refractivity contribution is 4.86. The number of hydrogen-bond donors (Lipinski definition) is 0. The van der Waals surface area contributed by atoms with E-state index in [-0.39, 0.29) is 25.7 Å². The summed E-state index contributed by atoms with van der Waals surface area (Å²) < 4.78 is 323. The molecule has 0 aliphatic carbocycles. The van der Waals surface area contributed by atoms with Gasteiger partial charge in [0.25, 0.3) is 11.8 Å². The maximum absolute atomic E-state index is 13.6. The first kappa shape index (κ1) is 64.5. The minimum Gasteiger partial charge on any atom is -0.207 e. The van der Waals surface area contributed by atoms with Gasteiger partial charge >= 0.3 is 48.9 Å². The van der Waals surface area contributed by atoms with Gasteiger partial charge in [0.15, 0.2) is 0 Å². The molecule has 0 nitrogen and oxygen atoms in total. The van der Waals surface area contributed by atoms with Gasteiger partial charge in [-0.3, -0.25) is 0 Å². The first-order valence-corrected chi connectivity index (χ1v) is 19.0. The maximum Gasteiger partial charge on any atom is 0.453 e. The fourth-order valence-electron chi connectivity index (χ4n) is 6.47. The summed E-state index contributed by atoms with van der Waals surface area (Å²) in [4.78, 5) is 0. The molecule has 0 fully saturated rings. The maximum atomic E-state index is 13.6. The summed E-state index contributed by atoms with van der Waals surface area (Å²) >= 11 is 0. The fourth-order valence-corrected chi connectivity index (χ4v) is 6.47. The van der Waals surface area contributed by atoms with Gasteiger partial charge in [-0.25, -0.2) is 17.6 Å². The number of rotatable bonds is 21. The molecule has 6 unspecified atom stereocenters. The molecule has 0 aromatic heterocycles. The third kappa shape index (κ3) is 30.3. The van der Waals surface area contributed by atoms with Gasteiger partial charge in [-0.05, 0) is 41.9 Å². The van der Waals surface area contributed by atoms with E-state index < -0.39 is 148 Å². The van der Waals surface area contributed by atoms with Crippen LogP contribution in [0.15, 0.2) is 0 Å². The number of alkyl halides is 26. The van der Waals surface area contributed by atoms with Crippen LogP contribution in [-0.4, -0.2) is 60.7 Å². The van der Waals surface area contributed by atoms with Crippen LogP contribution < -0.4 is 0 Å². The van der Waals surface area contributed by atoms with Crippen molar-refractivity contribution in [2.75, 3.05) is 0 Å². The van der Waals surface area contributed by atoms with E-state index in [4.69, 9.17) is 0 Å². The molecule has 0 heterocycles. The topological polar surface area (TPSA) is 0 Å². The van der Waals surface area contributed by atoms with Gasteiger partial charge in [0.05, 0.1) is 0 Å². The van der Waals surface area contributed by atoms with Crippen molar-refractivity contribution in [2.24, 2.45) is 35.5 Å². The Hall–Kier alpha value is -1.82. The Balaban J connectivity index is -0.000000868. The van der Waals surface area contributed by atoms with Crippen molar-refractivity contribution < 1.29 is 114 Å². The van der Waals surface area contributed by atoms with Crippen molar-refractivity contribution in [3.8, 4) is 0 Å². The molecule has 0 saturated carbocycles. The third-order valence-electron chi connectivity index (χ3n) is 9.60. The van der Waals surface area contributed by atoms with Crippen LogP contribution in [0.25, 0.3) is 0 Å². The summed E-state index contributed by atoms with van der Waals surface area (Å²) in [5.74, 6) is -26.3. The van der Waals surface area contributed by atoms with Gasteiger partial charge < -0.3 is 0 Å². The van der Waals surface area contributed by atoms with Crippen molar-refractivity contribution >= 4 is 0 Å².